The van der Waals surface area contributed by atoms with Crippen LogP contribution < -0.4 is 0 Å². The van der Waals surface area contributed by atoms with E-state index in [9.17, 15) is 9.90 Å². The smallest absolute Gasteiger partial charge is 0.321 e. The zero-order chi connectivity index (χ0) is 22.7. The van der Waals surface area contributed by atoms with Crippen LogP contribution in [0.5, 0.6) is 0 Å². The highest BCUT2D eigenvalue weighted by atomic mass is 32.1. The van der Waals surface area contributed by atoms with E-state index in [1.54, 1.807) is 11.3 Å². The summed E-state index contributed by atoms with van der Waals surface area (Å²) in [5, 5.41) is 12.3. The summed E-state index contributed by atoms with van der Waals surface area (Å²) in [4.78, 5) is 20.5. The van der Waals surface area contributed by atoms with Crippen molar-refractivity contribution >= 4 is 28.4 Å². The van der Waals surface area contributed by atoms with Crippen molar-refractivity contribution in [2.24, 2.45) is 5.92 Å². The predicted octanol–water partition coefficient (Wildman–Crippen LogP) is 6.27. The van der Waals surface area contributed by atoms with Gasteiger partial charge in [-0.3, -0.25) is 9.69 Å². The first-order valence-electron chi connectivity index (χ1n) is 11.7. The second kappa shape index (κ2) is 9.75. The van der Waals surface area contributed by atoms with Crippen LogP contribution in [-0.2, 0) is 23.2 Å². The number of oxazole rings is 1. The molecule has 5 nitrogen and oxygen atoms in total. The van der Waals surface area contributed by atoms with E-state index in [2.05, 4.69) is 42.1 Å². The summed E-state index contributed by atoms with van der Waals surface area (Å²) in [6.45, 7) is 7.76. The Labute approximate surface area is 194 Å². The molecule has 0 saturated heterocycles. The summed E-state index contributed by atoms with van der Waals surface area (Å²) in [5.74, 6) is 0.530. The summed E-state index contributed by atoms with van der Waals surface area (Å²) < 4.78 is 5.92. The first-order chi connectivity index (χ1) is 15.3. The zero-order valence-corrected chi connectivity index (χ0v) is 20.2. The lowest BCUT2D eigenvalue weighted by molar-refractivity contribution is -0.143. The number of aromatic nitrogens is 1. The Hall–Kier alpha value is -2.18. The molecule has 3 aromatic rings. The Morgan fingerprint density at radius 1 is 1.25 bits per heavy atom. The maximum absolute atomic E-state index is 12.4. The van der Waals surface area contributed by atoms with Crippen LogP contribution in [0.25, 0.3) is 11.1 Å². The zero-order valence-electron chi connectivity index (χ0n) is 19.3. The Kier molecular flexibility index (Phi) is 7.01. The minimum Gasteiger partial charge on any atom is -0.480 e. The van der Waals surface area contributed by atoms with Gasteiger partial charge in [0.1, 0.15) is 11.6 Å². The van der Waals surface area contributed by atoms with Crippen molar-refractivity contribution < 1.29 is 14.3 Å². The van der Waals surface area contributed by atoms with E-state index >= 15 is 0 Å². The number of carboxylic acid groups (broad SMARTS) is 1. The van der Waals surface area contributed by atoms with Gasteiger partial charge in [0.25, 0.3) is 0 Å². The van der Waals surface area contributed by atoms with Crippen LogP contribution in [0, 0.1) is 5.92 Å². The van der Waals surface area contributed by atoms with Gasteiger partial charge < -0.3 is 9.52 Å². The Morgan fingerprint density at radius 2 is 2.03 bits per heavy atom. The maximum Gasteiger partial charge on any atom is 0.321 e. The van der Waals surface area contributed by atoms with Crippen molar-refractivity contribution in [2.75, 3.05) is 6.54 Å². The Bertz CT molecular complexity index is 1030. The number of hydrogen-bond acceptors (Lipinski definition) is 5. The van der Waals surface area contributed by atoms with E-state index in [0.29, 0.717) is 24.8 Å². The van der Waals surface area contributed by atoms with Crippen molar-refractivity contribution in [3.8, 4) is 0 Å². The van der Waals surface area contributed by atoms with E-state index in [0.717, 1.165) is 23.2 Å². The minimum absolute atomic E-state index is 0.166. The van der Waals surface area contributed by atoms with Crippen molar-refractivity contribution in [3.63, 3.8) is 0 Å². The second-order valence-corrected chi connectivity index (χ2v) is 11.2. The van der Waals surface area contributed by atoms with Crippen LogP contribution >= 0.6 is 11.3 Å². The topological polar surface area (TPSA) is 66.6 Å². The fourth-order valence-electron chi connectivity index (χ4n) is 4.62. The van der Waals surface area contributed by atoms with Crippen molar-refractivity contribution in [1.29, 1.82) is 0 Å². The number of fused-ring (bicyclic) bond motifs is 1. The van der Waals surface area contributed by atoms with Crippen LogP contribution in [0.4, 0.5) is 0 Å². The average molecular weight is 455 g/mol. The molecule has 6 heteroatoms. The second-order valence-electron chi connectivity index (χ2n) is 10.1. The van der Waals surface area contributed by atoms with Crippen LogP contribution in [0.2, 0.25) is 0 Å². The van der Waals surface area contributed by atoms with Gasteiger partial charge in [0.05, 0.1) is 0 Å². The van der Waals surface area contributed by atoms with Crippen LogP contribution in [0.15, 0.2) is 40.1 Å². The number of carbonyl (C=O) groups is 1. The van der Waals surface area contributed by atoms with E-state index < -0.39 is 12.0 Å². The fraction of sp³-hybridized carbons (Fsp3) is 0.538. The predicted molar refractivity (Wildman–Crippen MR) is 129 cm³/mol. The molecule has 2 heterocycles. The molecule has 2 aromatic heterocycles. The summed E-state index contributed by atoms with van der Waals surface area (Å²) in [5.41, 5.74) is 2.37. The summed E-state index contributed by atoms with van der Waals surface area (Å²) in [7, 11) is 0. The van der Waals surface area contributed by atoms with Crippen LogP contribution in [0.3, 0.4) is 0 Å². The lowest BCUT2D eigenvalue weighted by Gasteiger charge is -2.33. The number of rotatable bonds is 8. The lowest BCUT2D eigenvalue weighted by Crippen LogP contribution is -2.44. The van der Waals surface area contributed by atoms with Crippen molar-refractivity contribution in [3.05, 3.63) is 52.0 Å². The van der Waals surface area contributed by atoms with E-state index in [4.69, 9.17) is 4.42 Å². The monoisotopic (exact) mass is 454 g/mol. The normalized spacial score (nSPS) is 16.6. The molecule has 1 aliphatic carbocycles. The molecular formula is C26H34N2O3S. The maximum atomic E-state index is 12.4. The van der Waals surface area contributed by atoms with Gasteiger partial charge in [-0.1, -0.05) is 52.2 Å². The van der Waals surface area contributed by atoms with Gasteiger partial charge in [-0.25, -0.2) is 4.98 Å². The number of aliphatic carboxylic acids is 1. The highest BCUT2D eigenvalue weighted by molar-refractivity contribution is 7.09. The molecule has 0 bridgehead atoms. The van der Waals surface area contributed by atoms with Gasteiger partial charge >= 0.3 is 5.97 Å². The molecular weight excluding hydrogens is 420 g/mol. The number of hydrogen-bond donors (Lipinski definition) is 1. The van der Waals surface area contributed by atoms with Gasteiger partial charge in [-0.15, -0.1) is 11.3 Å². The molecule has 1 saturated carbocycles. The highest BCUT2D eigenvalue weighted by Gasteiger charge is 2.29. The van der Waals surface area contributed by atoms with Gasteiger partial charge in [0.15, 0.2) is 5.58 Å². The molecule has 1 unspecified atom stereocenters. The summed E-state index contributed by atoms with van der Waals surface area (Å²) in [6.07, 6.45) is 6.68. The summed E-state index contributed by atoms with van der Waals surface area (Å²) in [6, 6.07) is 9.49. The third-order valence-electron chi connectivity index (χ3n) is 6.40. The van der Waals surface area contributed by atoms with Crippen LogP contribution in [0.1, 0.15) is 69.2 Å². The van der Waals surface area contributed by atoms with Crippen molar-refractivity contribution in [1.82, 2.24) is 9.88 Å². The molecule has 1 aliphatic rings. The molecule has 172 valence electrons. The van der Waals surface area contributed by atoms with Crippen LogP contribution in [-0.4, -0.2) is 33.5 Å². The Morgan fingerprint density at radius 3 is 2.69 bits per heavy atom. The van der Waals surface area contributed by atoms with E-state index in [-0.39, 0.29) is 5.41 Å². The quantitative estimate of drug-likeness (QED) is 0.435. The largest absolute Gasteiger partial charge is 0.480 e. The molecule has 0 radical (unpaired) electrons. The van der Waals surface area contributed by atoms with Gasteiger partial charge in [0, 0.05) is 23.4 Å². The molecule has 1 aromatic carbocycles. The third kappa shape index (κ3) is 5.59. The number of benzene rings is 1. The van der Waals surface area contributed by atoms with Gasteiger partial charge in [0.2, 0.25) is 5.89 Å². The first-order valence-corrected chi connectivity index (χ1v) is 12.6. The molecule has 4 rings (SSSR count). The lowest BCUT2D eigenvalue weighted by atomic mass is 9.88. The molecule has 0 aliphatic heterocycles. The molecule has 1 atom stereocenters. The summed E-state index contributed by atoms with van der Waals surface area (Å²) >= 11 is 1.70. The van der Waals surface area contributed by atoms with Gasteiger partial charge in [-0.2, -0.15) is 0 Å². The molecule has 32 heavy (non-hydrogen) atoms. The molecule has 1 N–H and O–H groups in total. The number of carboxylic acids is 1. The minimum atomic E-state index is -0.756. The SMILES string of the molecule is CC(C)(C)c1nc2cc(CC(C(=O)O)N(Cc3cccs3)CC3CCCCC3)ccc2o1. The number of thiophene rings is 1. The third-order valence-corrected chi connectivity index (χ3v) is 7.27. The highest BCUT2D eigenvalue weighted by Crippen LogP contribution is 2.29. The van der Waals surface area contributed by atoms with Gasteiger partial charge in [-0.05, 0) is 54.3 Å². The molecule has 0 amide bonds. The number of nitrogens with zero attached hydrogens (tertiary/aromatic N) is 2. The van der Waals surface area contributed by atoms with E-state index in [1.807, 2.05) is 24.3 Å². The Balaban J connectivity index is 1.58. The first kappa shape index (κ1) is 23.0. The molecule has 1 fully saturated rings. The average Bonchev–Trinajstić information content (AvgIpc) is 3.41. The van der Waals surface area contributed by atoms with E-state index in [1.165, 1.54) is 37.0 Å². The fourth-order valence-corrected chi connectivity index (χ4v) is 5.35. The van der Waals surface area contributed by atoms with Crippen molar-refractivity contribution in [2.45, 2.75) is 77.3 Å². The standard InChI is InChI=1S/C26H34N2O3S/c1-26(2,3)25-27-21-14-19(11-12-23(21)31-25)15-22(24(29)30)28(17-20-10-7-13-32-20)16-18-8-5-4-6-9-18/h7,10-14,18,22H,4-6,8-9,15-17H2,1-3H3,(H,29,30). The molecule has 0 spiro atoms.